The molecule has 2 heterocycles. The van der Waals surface area contributed by atoms with Crippen LogP contribution in [0.5, 0.6) is 11.5 Å². The SMILES string of the molecule is CCNCC1CC2C(CNC3CC(=O)CCC32)CC1C1CCC2(C#CC(CCC(O)CC(C3=CCNC(N)=C3)c3ccc4ccccc4c3)c3cc(O)c(OC)cc3CCC2=O)C(O)C1. The second kappa shape index (κ2) is 19.7. The summed E-state index contributed by atoms with van der Waals surface area (Å²) in [5.74, 6) is 10.8. The summed E-state index contributed by atoms with van der Waals surface area (Å²) < 4.78 is 5.55. The van der Waals surface area contributed by atoms with E-state index < -0.39 is 23.5 Å². The Kier molecular flexibility index (Phi) is 13.8. The number of hydrogen-bond donors (Lipinski definition) is 7. The molecule has 8 N–H and O–H groups in total. The van der Waals surface area contributed by atoms with Crippen LogP contribution in [0, 0.1) is 52.8 Å². The highest BCUT2D eigenvalue weighted by Crippen LogP contribution is 2.53. The van der Waals surface area contributed by atoms with E-state index in [0.717, 1.165) is 78.4 Å². The maximum absolute atomic E-state index is 14.6. The Morgan fingerprint density at radius 3 is 2.63 bits per heavy atom. The number of phenols is 1. The molecule has 10 heteroatoms. The number of carbonyl (C=O) groups is 2. The Labute approximate surface area is 385 Å². The predicted octanol–water partition coefficient (Wildman–Crippen LogP) is 7.16. The van der Waals surface area contributed by atoms with Crippen LogP contribution >= 0.6 is 0 Å². The quantitative estimate of drug-likeness (QED) is 0.0929. The fraction of sp³-hybridized carbons (Fsp3) is 0.564. The van der Waals surface area contributed by atoms with Crippen molar-refractivity contribution in [2.45, 2.75) is 120 Å². The zero-order valence-electron chi connectivity index (χ0n) is 38.4. The molecule has 1 saturated heterocycles. The van der Waals surface area contributed by atoms with Crippen molar-refractivity contribution in [1.82, 2.24) is 16.0 Å². The molecule has 3 aromatic carbocycles. The number of hydrogen-bond acceptors (Lipinski definition) is 10. The number of fused-ring (bicyclic) bond motifs is 5. The summed E-state index contributed by atoms with van der Waals surface area (Å²) in [5, 5.41) is 48.4. The number of carbonyl (C=O) groups excluding carboxylic acids is 2. The van der Waals surface area contributed by atoms with Crippen LogP contribution in [0.15, 0.2) is 78.1 Å². The van der Waals surface area contributed by atoms with Crippen LogP contribution in [0.25, 0.3) is 10.8 Å². The molecule has 4 fully saturated rings. The Morgan fingerprint density at radius 1 is 0.985 bits per heavy atom. The molecule has 1 spiro atoms. The molecule has 0 aromatic heterocycles. The highest BCUT2D eigenvalue weighted by atomic mass is 16.5. The summed E-state index contributed by atoms with van der Waals surface area (Å²) in [4.78, 5) is 27.0. The van der Waals surface area contributed by atoms with Gasteiger partial charge in [0.05, 0.1) is 25.1 Å². The summed E-state index contributed by atoms with van der Waals surface area (Å²) in [6, 6.07) is 18.7. The zero-order chi connectivity index (χ0) is 45.2. The first kappa shape index (κ1) is 45.5. The van der Waals surface area contributed by atoms with Crippen molar-refractivity contribution < 1.29 is 29.6 Å². The molecule has 65 heavy (non-hydrogen) atoms. The van der Waals surface area contributed by atoms with Crippen LogP contribution in [-0.4, -0.2) is 78.4 Å². The van der Waals surface area contributed by atoms with Crippen LogP contribution in [0.2, 0.25) is 0 Å². The monoisotopic (exact) mass is 883 g/mol. The number of aliphatic hydroxyl groups is 2. The molecule has 0 bridgehead atoms. The van der Waals surface area contributed by atoms with Gasteiger partial charge in [0, 0.05) is 43.7 Å². The van der Waals surface area contributed by atoms with Gasteiger partial charge >= 0.3 is 0 Å². The molecule has 10 nitrogen and oxygen atoms in total. The summed E-state index contributed by atoms with van der Waals surface area (Å²) in [5.41, 5.74) is 9.01. The highest BCUT2D eigenvalue weighted by molar-refractivity contribution is 5.89. The van der Waals surface area contributed by atoms with E-state index in [1.54, 1.807) is 6.07 Å². The molecule has 9 rings (SSSR count). The number of Topliss-reactive ketones (excluding diaryl/α,β-unsaturated/α-hetero) is 2. The molecule has 4 aliphatic carbocycles. The number of aliphatic hydroxyl groups excluding tert-OH is 2. The smallest absolute Gasteiger partial charge is 0.160 e. The molecular weight excluding hydrogens is 813 g/mol. The normalized spacial score (nSPS) is 32.2. The van der Waals surface area contributed by atoms with Crippen molar-refractivity contribution in [3.05, 3.63) is 94.8 Å². The van der Waals surface area contributed by atoms with Crippen molar-refractivity contribution in [2.24, 2.45) is 46.7 Å². The first-order chi connectivity index (χ1) is 31.5. The van der Waals surface area contributed by atoms with Gasteiger partial charge in [-0.05, 0) is 171 Å². The lowest BCUT2D eigenvalue weighted by molar-refractivity contribution is -0.136. The van der Waals surface area contributed by atoms with Gasteiger partial charge < -0.3 is 41.7 Å². The molecule has 0 radical (unpaired) electrons. The van der Waals surface area contributed by atoms with E-state index >= 15 is 0 Å². The number of piperidine rings is 1. The number of aromatic hydroxyl groups is 1. The molecule has 346 valence electrons. The second-order valence-corrected chi connectivity index (χ2v) is 20.4. The van der Waals surface area contributed by atoms with E-state index in [2.05, 4.69) is 71.1 Å². The van der Waals surface area contributed by atoms with Gasteiger partial charge in [-0.1, -0.05) is 67.3 Å². The predicted molar refractivity (Wildman–Crippen MR) is 255 cm³/mol. The minimum Gasteiger partial charge on any atom is -0.504 e. The third-order valence-corrected chi connectivity index (χ3v) is 16.8. The third kappa shape index (κ3) is 9.50. The number of allylic oxidation sites excluding steroid dienone is 2. The third-order valence-electron chi connectivity index (χ3n) is 16.8. The van der Waals surface area contributed by atoms with Crippen LogP contribution in [0.1, 0.15) is 112 Å². The number of ketones is 2. The number of dihydropyridines is 1. The maximum Gasteiger partial charge on any atom is 0.160 e. The topological polar surface area (TPSA) is 166 Å². The van der Waals surface area contributed by atoms with Gasteiger partial charge in [-0.15, -0.1) is 0 Å². The Balaban J connectivity index is 0.960. The van der Waals surface area contributed by atoms with Crippen LogP contribution in [0.4, 0.5) is 0 Å². The van der Waals surface area contributed by atoms with Gasteiger partial charge in [-0.3, -0.25) is 9.59 Å². The number of nitrogens with two attached hydrogens (primary N) is 1. The van der Waals surface area contributed by atoms with Crippen molar-refractivity contribution in [3.63, 3.8) is 0 Å². The van der Waals surface area contributed by atoms with Crippen LogP contribution < -0.4 is 26.4 Å². The largest absolute Gasteiger partial charge is 0.504 e. The van der Waals surface area contributed by atoms with E-state index in [1.807, 2.05) is 24.3 Å². The van der Waals surface area contributed by atoms with E-state index in [0.29, 0.717) is 111 Å². The number of benzene rings is 3. The first-order valence-corrected chi connectivity index (χ1v) is 24.7. The van der Waals surface area contributed by atoms with Crippen LogP contribution in [-0.2, 0) is 16.0 Å². The van der Waals surface area contributed by atoms with Gasteiger partial charge in [0.15, 0.2) is 17.3 Å². The molecule has 12 atom stereocenters. The highest BCUT2D eigenvalue weighted by Gasteiger charge is 2.53. The van der Waals surface area contributed by atoms with Crippen molar-refractivity contribution in [3.8, 4) is 23.3 Å². The summed E-state index contributed by atoms with van der Waals surface area (Å²) in [7, 11) is 1.53. The zero-order valence-corrected chi connectivity index (χ0v) is 38.4. The Morgan fingerprint density at radius 2 is 1.83 bits per heavy atom. The van der Waals surface area contributed by atoms with E-state index in [4.69, 9.17) is 10.5 Å². The minimum absolute atomic E-state index is 0.0144. The van der Waals surface area contributed by atoms with Crippen molar-refractivity contribution in [2.75, 3.05) is 33.3 Å². The molecule has 12 unspecified atom stereocenters. The first-order valence-electron chi connectivity index (χ1n) is 24.7. The van der Waals surface area contributed by atoms with Gasteiger partial charge in [0.2, 0.25) is 0 Å². The average molecular weight is 883 g/mol. The molecule has 3 aromatic rings. The van der Waals surface area contributed by atoms with Gasteiger partial charge in [-0.2, -0.15) is 0 Å². The lowest BCUT2D eigenvalue weighted by Crippen LogP contribution is -2.57. The standard InChI is InChI=1S/C55H70N4O6/c1-3-57-31-40-24-48-41(32-59-49-29-43(61)13-14-44(48)49)23-45(40)38-17-20-55(53(64)26-38)19-16-34(47-30-50(62)51(65-2)25-37(47)11-15-52(55)63)10-12-42(60)28-46(39-18-21-58-54(56)27-39)36-9-8-33-6-4-5-7-35(33)22-36/h4-9,18,22,25,27,30,34,38,40-42,44-46,48-49,53,57-60,62,64H,3,10-15,17,20-21,23-24,26,28-29,31-32,56H2,1-2H3. The fourth-order valence-electron chi connectivity index (χ4n) is 13.3. The molecule has 6 aliphatic rings. The van der Waals surface area contributed by atoms with E-state index in [1.165, 1.54) is 7.11 Å². The number of ether oxygens (including phenoxy) is 1. The second-order valence-electron chi connectivity index (χ2n) is 20.4. The van der Waals surface area contributed by atoms with Crippen molar-refractivity contribution in [1.29, 1.82) is 0 Å². The molecule has 0 amide bonds. The number of methoxy groups -OCH3 is 1. The van der Waals surface area contributed by atoms with E-state index in [-0.39, 0.29) is 29.8 Å². The number of phenolic OH excluding ortho intramolecular Hbond substituents is 1. The summed E-state index contributed by atoms with van der Waals surface area (Å²) >= 11 is 0. The van der Waals surface area contributed by atoms with Gasteiger partial charge in [0.1, 0.15) is 11.2 Å². The fourth-order valence-corrected chi connectivity index (χ4v) is 13.3. The summed E-state index contributed by atoms with van der Waals surface area (Å²) in [6.07, 6.45) is 11.1. The maximum atomic E-state index is 14.6. The lowest BCUT2D eigenvalue weighted by atomic mass is 9.54. The molecule has 2 aliphatic heterocycles. The van der Waals surface area contributed by atoms with E-state index in [9.17, 15) is 24.9 Å². The van der Waals surface area contributed by atoms with Gasteiger partial charge in [-0.25, -0.2) is 0 Å². The van der Waals surface area contributed by atoms with Gasteiger partial charge in [0.25, 0.3) is 0 Å². The Hall–Kier alpha value is -4.66. The summed E-state index contributed by atoms with van der Waals surface area (Å²) in [6.45, 7) is 5.60. The number of rotatable bonds is 12. The molecular formula is C55H70N4O6. The minimum atomic E-state index is -1.18. The number of aryl methyl sites for hydroxylation is 1. The Bertz CT molecular complexity index is 2370. The lowest BCUT2D eigenvalue weighted by Gasteiger charge is -2.54. The van der Waals surface area contributed by atoms with Crippen molar-refractivity contribution >= 4 is 22.3 Å². The average Bonchev–Trinajstić information content (AvgIpc) is 3.36. The molecule has 3 saturated carbocycles. The number of nitrogens with one attached hydrogen (secondary N) is 3. The van der Waals surface area contributed by atoms with Crippen LogP contribution in [0.3, 0.4) is 0 Å².